The second kappa shape index (κ2) is 8.70. The molecule has 0 saturated carbocycles. The summed E-state index contributed by atoms with van der Waals surface area (Å²) in [7, 11) is 0. The molecule has 1 amide bonds. The first kappa shape index (κ1) is 17.5. The summed E-state index contributed by atoms with van der Waals surface area (Å²) in [5.74, 6) is -0.0378. The van der Waals surface area contributed by atoms with E-state index in [9.17, 15) is 4.79 Å². The SMILES string of the molecule is CCCC(N)C(=O)NCCCn1ccc2ccccc21.Cl. The monoisotopic (exact) mass is 309 g/mol. The largest absolute Gasteiger partial charge is 0.355 e. The number of hydrogen-bond donors (Lipinski definition) is 2. The molecule has 0 radical (unpaired) electrons. The number of rotatable bonds is 7. The Bertz CT molecular complexity index is 567. The van der Waals surface area contributed by atoms with Gasteiger partial charge in [-0.3, -0.25) is 4.79 Å². The fourth-order valence-electron chi connectivity index (χ4n) is 2.37. The summed E-state index contributed by atoms with van der Waals surface area (Å²) in [4.78, 5) is 11.7. The number of halogens is 1. The Hall–Kier alpha value is -1.52. The van der Waals surface area contributed by atoms with E-state index >= 15 is 0 Å². The first-order valence-corrected chi connectivity index (χ1v) is 7.29. The summed E-state index contributed by atoms with van der Waals surface area (Å²) in [5, 5.41) is 4.15. The van der Waals surface area contributed by atoms with Crippen LogP contribution in [0.4, 0.5) is 0 Å². The lowest BCUT2D eigenvalue weighted by atomic mass is 10.1. The molecular weight excluding hydrogens is 286 g/mol. The van der Waals surface area contributed by atoms with E-state index in [4.69, 9.17) is 5.73 Å². The fourth-order valence-corrected chi connectivity index (χ4v) is 2.37. The van der Waals surface area contributed by atoms with Crippen LogP contribution in [-0.2, 0) is 11.3 Å². The molecule has 1 unspecified atom stereocenters. The molecule has 4 nitrogen and oxygen atoms in total. The normalized spacial score (nSPS) is 11.9. The van der Waals surface area contributed by atoms with Crippen LogP contribution in [0.1, 0.15) is 26.2 Å². The molecule has 21 heavy (non-hydrogen) atoms. The average molecular weight is 310 g/mol. The Labute approximate surface area is 132 Å². The van der Waals surface area contributed by atoms with E-state index in [1.807, 2.05) is 19.1 Å². The summed E-state index contributed by atoms with van der Waals surface area (Å²) >= 11 is 0. The Morgan fingerprint density at radius 1 is 1.33 bits per heavy atom. The smallest absolute Gasteiger partial charge is 0.236 e. The molecule has 0 fully saturated rings. The van der Waals surface area contributed by atoms with Crippen molar-refractivity contribution in [2.24, 2.45) is 5.73 Å². The topological polar surface area (TPSA) is 60.1 Å². The van der Waals surface area contributed by atoms with Crippen molar-refractivity contribution in [3.8, 4) is 0 Å². The number of amides is 1. The van der Waals surface area contributed by atoms with Gasteiger partial charge in [0.15, 0.2) is 0 Å². The quantitative estimate of drug-likeness (QED) is 0.773. The van der Waals surface area contributed by atoms with Gasteiger partial charge in [-0.1, -0.05) is 31.5 Å². The van der Waals surface area contributed by atoms with Crippen molar-refractivity contribution < 1.29 is 4.79 Å². The van der Waals surface area contributed by atoms with Crippen LogP contribution in [0.25, 0.3) is 10.9 Å². The van der Waals surface area contributed by atoms with Gasteiger partial charge in [-0.25, -0.2) is 0 Å². The number of aromatic nitrogens is 1. The molecule has 2 aromatic rings. The first-order valence-electron chi connectivity index (χ1n) is 7.29. The predicted molar refractivity (Wildman–Crippen MR) is 89.7 cm³/mol. The van der Waals surface area contributed by atoms with Crippen molar-refractivity contribution in [2.45, 2.75) is 38.8 Å². The third-order valence-corrected chi connectivity index (χ3v) is 3.49. The van der Waals surface area contributed by atoms with Crippen LogP contribution in [0.3, 0.4) is 0 Å². The van der Waals surface area contributed by atoms with E-state index in [0.717, 1.165) is 25.8 Å². The van der Waals surface area contributed by atoms with E-state index in [2.05, 4.69) is 34.3 Å². The molecule has 2 rings (SSSR count). The Kier molecular flexibility index (Phi) is 7.26. The molecule has 3 N–H and O–H groups in total. The molecule has 0 saturated heterocycles. The molecule has 0 aliphatic heterocycles. The predicted octanol–water partition coefficient (Wildman–Crippen LogP) is 2.70. The summed E-state index contributed by atoms with van der Waals surface area (Å²) in [5.41, 5.74) is 7.00. The van der Waals surface area contributed by atoms with Gasteiger partial charge in [0, 0.05) is 24.8 Å². The van der Waals surface area contributed by atoms with Crippen molar-refractivity contribution in [3.63, 3.8) is 0 Å². The van der Waals surface area contributed by atoms with E-state index in [1.165, 1.54) is 10.9 Å². The number of carbonyl (C=O) groups is 1. The van der Waals surface area contributed by atoms with Gasteiger partial charge in [0.1, 0.15) is 0 Å². The zero-order valence-electron chi connectivity index (χ0n) is 12.4. The van der Waals surface area contributed by atoms with Gasteiger partial charge in [-0.05, 0) is 30.4 Å². The van der Waals surface area contributed by atoms with Crippen LogP contribution < -0.4 is 11.1 Å². The Morgan fingerprint density at radius 3 is 2.86 bits per heavy atom. The van der Waals surface area contributed by atoms with E-state index in [-0.39, 0.29) is 24.4 Å². The number of benzene rings is 1. The zero-order chi connectivity index (χ0) is 14.4. The summed E-state index contributed by atoms with van der Waals surface area (Å²) < 4.78 is 2.22. The highest BCUT2D eigenvalue weighted by molar-refractivity contribution is 5.85. The highest BCUT2D eigenvalue weighted by atomic mass is 35.5. The van der Waals surface area contributed by atoms with E-state index in [0.29, 0.717) is 6.54 Å². The van der Waals surface area contributed by atoms with Gasteiger partial charge in [0.2, 0.25) is 5.91 Å². The molecule has 0 aliphatic rings. The van der Waals surface area contributed by atoms with Crippen molar-refractivity contribution in [1.29, 1.82) is 0 Å². The number of nitrogens with two attached hydrogens (primary N) is 1. The number of fused-ring (bicyclic) bond motifs is 1. The van der Waals surface area contributed by atoms with Crippen LogP contribution in [0.5, 0.6) is 0 Å². The molecule has 1 aromatic carbocycles. The third kappa shape index (κ3) is 4.76. The van der Waals surface area contributed by atoms with Crippen LogP contribution in [-0.4, -0.2) is 23.1 Å². The van der Waals surface area contributed by atoms with Crippen LogP contribution in [0.2, 0.25) is 0 Å². The highest BCUT2D eigenvalue weighted by Crippen LogP contribution is 2.15. The van der Waals surface area contributed by atoms with Crippen LogP contribution in [0.15, 0.2) is 36.5 Å². The van der Waals surface area contributed by atoms with Gasteiger partial charge in [0.05, 0.1) is 6.04 Å². The third-order valence-electron chi connectivity index (χ3n) is 3.49. The van der Waals surface area contributed by atoms with Gasteiger partial charge >= 0.3 is 0 Å². The lowest BCUT2D eigenvalue weighted by Gasteiger charge is -2.11. The number of para-hydroxylation sites is 1. The van der Waals surface area contributed by atoms with Gasteiger partial charge in [-0.15, -0.1) is 12.4 Å². The minimum absolute atomic E-state index is 0. The summed E-state index contributed by atoms with van der Waals surface area (Å²) in [6.45, 7) is 3.60. The average Bonchev–Trinajstić information content (AvgIpc) is 2.87. The van der Waals surface area contributed by atoms with Gasteiger partial charge < -0.3 is 15.6 Å². The lowest BCUT2D eigenvalue weighted by Crippen LogP contribution is -2.40. The zero-order valence-corrected chi connectivity index (χ0v) is 13.2. The fraction of sp³-hybridized carbons (Fsp3) is 0.438. The molecule has 0 spiro atoms. The standard InChI is InChI=1S/C16H23N3O.ClH/c1-2-6-14(17)16(20)18-10-5-11-19-12-9-13-7-3-4-8-15(13)19;/h3-4,7-9,12,14H,2,5-6,10-11,17H2,1H3,(H,18,20);1H. The molecule has 5 heteroatoms. The second-order valence-electron chi connectivity index (χ2n) is 5.11. The van der Waals surface area contributed by atoms with Crippen LogP contribution >= 0.6 is 12.4 Å². The minimum atomic E-state index is -0.368. The molecule has 1 aromatic heterocycles. The summed E-state index contributed by atoms with van der Waals surface area (Å²) in [6.07, 6.45) is 4.68. The molecule has 116 valence electrons. The molecular formula is C16H24ClN3O. The number of hydrogen-bond acceptors (Lipinski definition) is 2. The van der Waals surface area contributed by atoms with E-state index in [1.54, 1.807) is 0 Å². The Morgan fingerprint density at radius 2 is 2.10 bits per heavy atom. The Balaban J connectivity index is 0.00000220. The highest BCUT2D eigenvalue weighted by Gasteiger charge is 2.10. The van der Waals surface area contributed by atoms with E-state index < -0.39 is 0 Å². The minimum Gasteiger partial charge on any atom is -0.355 e. The second-order valence-corrected chi connectivity index (χ2v) is 5.11. The van der Waals surface area contributed by atoms with Crippen molar-refractivity contribution in [3.05, 3.63) is 36.5 Å². The number of aryl methyl sites for hydroxylation is 1. The molecule has 1 heterocycles. The van der Waals surface area contributed by atoms with Crippen molar-refractivity contribution in [1.82, 2.24) is 9.88 Å². The molecule has 0 bridgehead atoms. The lowest BCUT2D eigenvalue weighted by molar-refractivity contribution is -0.122. The van der Waals surface area contributed by atoms with Crippen molar-refractivity contribution >= 4 is 29.2 Å². The maximum absolute atomic E-state index is 11.7. The molecule has 1 atom stereocenters. The van der Waals surface area contributed by atoms with Gasteiger partial charge in [0.25, 0.3) is 0 Å². The number of nitrogens with one attached hydrogen (secondary N) is 1. The maximum Gasteiger partial charge on any atom is 0.236 e. The first-order chi connectivity index (χ1) is 9.72. The maximum atomic E-state index is 11.7. The van der Waals surface area contributed by atoms with Crippen molar-refractivity contribution in [2.75, 3.05) is 6.54 Å². The van der Waals surface area contributed by atoms with Gasteiger partial charge in [-0.2, -0.15) is 0 Å². The summed E-state index contributed by atoms with van der Waals surface area (Å²) in [6, 6.07) is 10.1. The number of carbonyl (C=O) groups excluding carboxylic acids is 1. The number of nitrogens with zero attached hydrogens (tertiary/aromatic N) is 1. The van der Waals surface area contributed by atoms with Crippen LogP contribution in [0, 0.1) is 0 Å². The molecule has 0 aliphatic carbocycles.